The second-order valence-corrected chi connectivity index (χ2v) is 6.24. The van der Waals surface area contributed by atoms with Gasteiger partial charge < -0.3 is 9.47 Å². The summed E-state index contributed by atoms with van der Waals surface area (Å²) in [4.78, 5) is 28.7. The minimum atomic E-state index is -0.761. The van der Waals surface area contributed by atoms with Crippen LogP contribution >= 0.6 is 11.3 Å². The van der Waals surface area contributed by atoms with E-state index >= 15 is 0 Å². The predicted octanol–water partition coefficient (Wildman–Crippen LogP) is 1.97. The maximum Gasteiger partial charge on any atom is 0.347 e. The molecule has 2 heterocycles. The molecule has 0 fully saturated rings. The number of hydrogen-bond acceptors (Lipinski definition) is 7. The Bertz CT molecular complexity index is 920. The van der Waals surface area contributed by atoms with Crippen molar-refractivity contribution in [3.8, 4) is 5.75 Å². The number of ether oxygens (including phenoxy) is 2. The molecule has 0 aliphatic carbocycles. The van der Waals surface area contributed by atoms with E-state index in [-0.39, 0.29) is 12.2 Å². The summed E-state index contributed by atoms with van der Waals surface area (Å²) in [6, 6.07) is 10.3. The summed E-state index contributed by atoms with van der Waals surface area (Å²) >= 11 is 1.30. The first-order valence-corrected chi connectivity index (χ1v) is 8.09. The van der Waals surface area contributed by atoms with Crippen molar-refractivity contribution in [3.05, 3.63) is 57.5 Å². The minimum absolute atomic E-state index is 0.0932. The predicted molar refractivity (Wildman–Crippen MR) is 88.2 cm³/mol. The zero-order valence-corrected chi connectivity index (χ0v) is 13.9. The lowest BCUT2D eigenvalue weighted by Crippen LogP contribution is -2.26. The molecule has 24 heavy (non-hydrogen) atoms. The quantitative estimate of drug-likeness (QED) is 0.658. The van der Waals surface area contributed by atoms with Crippen LogP contribution in [0.2, 0.25) is 0 Å². The fraction of sp³-hybridized carbons (Fsp3) is 0.250. The highest BCUT2D eigenvalue weighted by Gasteiger charge is 2.17. The Morgan fingerprint density at radius 2 is 2.08 bits per heavy atom. The third kappa shape index (κ3) is 3.60. The monoisotopic (exact) mass is 345 g/mol. The number of fused-ring (bicyclic) bond motifs is 1. The van der Waals surface area contributed by atoms with Crippen molar-refractivity contribution in [2.45, 2.75) is 26.6 Å². The summed E-state index contributed by atoms with van der Waals surface area (Å²) < 4.78 is 11.9. The Morgan fingerprint density at radius 3 is 2.83 bits per heavy atom. The fourth-order valence-electron chi connectivity index (χ4n) is 2.04. The average molecular weight is 345 g/mol. The van der Waals surface area contributed by atoms with Crippen molar-refractivity contribution in [3.63, 3.8) is 0 Å². The summed E-state index contributed by atoms with van der Waals surface area (Å²) in [7, 11) is 0. The van der Waals surface area contributed by atoms with Gasteiger partial charge in [0.1, 0.15) is 17.4 Å². The van der Waals surface area contributed by atoms with Gasteiger partial charge >= 0.3 is 5.97 Å². The second-order valence-electron chi connectivity index (χ2n) is 5.08. The molecule has 0 saturated carbocycles. The fourth-order valence-corrected chi connectivity index (χ4v) is 2.81. The van der Waals surface area contributed by atoms with Crippen molar-refractivity contribution < 1.29 is 14.3 Å². The van der Waals surface area contributed by atoms with Crippen LogP contribution in [0.3, 0.4) is 0 Å². The third-order valence-electron chi connectivity index (χ3n) is 3.15. The lowest BCUT2D eigenvalue weighted by molar-refractivity contribution is -0.152. The molecule has 1 atom stereocenters. The number of para-hydroxylation sites is 1. The lowest BCUT2D eigenvalue weighted by Gasteiger charge is -2.13. The van der Waals surface area contributed by atoms with Crippen molar-refractivity contribution in [1.29, 1.82) is 0 Å². The molecule has 0 spiro atoms. The Balaban J connectivity index is 1.64. The summed E-state index contributed by atoms with van der Waals surface area (Å²) in [5.74, 6) is 0.0567. The van der Waals surface area contributed by atoms with Crippen LogP contribution in [0.15, 0.2) is 41.2 Å². The van der Waals surface area contributed by atoms with Crippen molar-refractivity contribution in [1.82, 2.24) is 14.6 Å². The van der Waals surface area contributed by atoms with Gasteiger partial charge in [0.2, 0.25) is 4.96 Å². The molecule has 3 rings (SSSR count). The van der Waals surface area contributed by atoms with Gasteiger partial charge in [-0.05, 0) is 26.0 Å². The van der Waals surface area contributed by atoms with E-state index in [0.29, 0.717) is 16.4 Å². The Kier molecular flexibility index (Phi) is 4.57. The number of carbonyl (C=O) groups excluding carboxylic acids is 1. The molecule has 8 heteroatoms. The van der Waals surface area contributed by atoms with Gasteiger partial charge in [-0.1, -0.05) is 29.5 Å². The molecule has 124 valence electrons. The highest BCUT2D eigenvalue weighted by molar-refractivity contribution is 7.16. The van der Waals surface area contributed by atoms with Crippen LogP contribution in [0, 0.1) is 6.92 Å². The molecule has 0 bridgehead atoms. The third-order valence-corrected chi connectivity index (χ3v) is 3.97. The molecular weight excluding hydrogens is 330 g/mol. The summed E-state index contributed by atoms with van der Waals surface area (Å²) in [6.45, 7) is 3.30. The highest BCUT2D eigenvalue weighted by Crippen LogP contribution is 2.13. The smallest absolute Gasteiger partial charge is 0.347 e. The number of rotatable bonds is 5. The van der Waals surface area contributed by atoms with Gasteiger partial charge in [-0.3, -0.25) is 4.79 Å². The molecule has 3 aromatic rings. The zero-order valence-electron chi connectivity index (χ0n) is 13.1. The first-order valence-electron chi connectivity index (χ1n) is 7.27. The van der Waals surface area contributed by atoms with Gasteiger partial charge in [0.25, 0.3) is 5.56 Å². The molecule has 1 aromatic carbocycles. The molecule has 0 aliphatic heterocycles. The second kappa shape index (κ2) is 6.79. The minimum Gasteiger partial charge on any atom is -0.479 e. The van der Waals surface area contributed by atoms with Crippen LogP contribution in [-0.4, -0.2) is 26.7 Å². The van der Waals surface area contributed by atoms with Gasteiger partial charge in [-0.15, -0.1) is 0 Å². The highest BCUT2D eigenvalue weighted by atomic mass is 32.1. The Morgan fingerprint density at radius 1 is 1.33 bits per heavy atom. The molecule has 1 unspecified atom stereocenters. The van der Waals surface area contributed by atoms with Gasteiger partial charge in [-0.2, -0.15) is 9.61 Å². The average Bonchev–Trinajstić information content (AvgIpc) is 2.94. The van der Waals surface area contributed by atoms with Gasteiger partial charge in [0, 0.05) is 6.07 Å². The number of nitrogens with zero attached hydrogens (tertiary/aromatic N) is 3. The molecule has 0 aliphatic rings. The molecule has 7 nitrogen and oxygen atoms in total. The van der Waals surface area contributed by atoms with Crippen molar-refractivity contribution in [2.75, 3.05) is 0 Å². The Labute approximate surface area is 141 Å². The topological polar surface area (TPSA) is 82.8 Å². The first kappa shape index (κ1) is 16.1. The number of carbonyl (C=O) groups is 1. The maximum atomic E-state index is 12.0. The molecule has 0 radical (unpaired) electrons. The van der Waals surface area contributed by atoms with E-state index in [1.807, 2.05) is 18.2 Å². The van der Waals surface area contributed by atoms with E-state index < -0.39 is 12.1 Å². The standard InChI is InChI=1S/C16H15N3O4S/c1-10(23-13-6-4-3-5-7-13)15(21)22-9-12-8-14(20)19-16(17-12)24-11(2)18-19/h3-8,10H,9H2,1-2H3. The lowest BCUT2D eigenvalue weighted by atomic mass is 10.3. The van der Waals surface area contributed by atoms with Gasteiger partial charge in [-0.25, -0.2) is 9.78 Å². The van der Waals surface area contributed by atoms with Gasteiger partial charge in [0.05, 0.1) is 5.69 Å². The Hall–Kier alpha value is -2.74. The number of benzene rings is 1. The summed E-state index contributed by atoms with van der Waals surface area (Å²) in [6.07, 6.45) is -0.761. The molecular formula is C16H15N3O4S. The van der Waals surface area contributed by atoms with E-state index in [0.717, 1.165) is 5.01 Å². The number of aromatic nitrogens is 3. The van der Waals surface area contributed by atoms with Crippen LogP contribution in [0.5, 0.6) is 5.75 Å². The number of hydrogen-bond donors (Lipinski definition) is 0. The molecule has 0 saturated heterocycles. The number of aryl methyl sites for hydroxylation is 1. The molecule has 0 N–H and O–H groups in total. The molecule has 2 aromatic heterocycles. The SMILES string of the molecule is Cc1nn2c(=O)cc(COC(=O)C(C)Oc3ccccc3)nc2s1. The molecule has 0 amide bonds. The van der Waals surface area contributed by atoms with E-state index in [9.17, 15) is 9.59 Å². The van der Waals surface area contributed by atoms with Crippen LogP contribution in [0.25, 0.3) is 4.96 Å². The van der Waals surface area contributed by atoms with Crippen LogP contribution in [0.1, 0.15) is 17.6 Å². The van der Waals surface area contributed by atoms with Crippen molar-refractivity contribution >= 4 is 22.3 Å². The van der Waals surface area contributed by atoms with E-state index in [1.54, 1.807) is 26.0 Å². The first-order chi connectivity index (χ1) is 11.5. The zero-order chi connectivity index (χ0) is 17.1. The number of esters is 1. The maximum absolute atomic E-state index is 12.0. The van der Waals surface area contributed by atoms with E-state index in [2.05, 4.69) is 10.1 Å². The van der Waals surface area contributed by atoms with E-state index in [4.69, 9.17) is 9.47 Å². The van der Waals surface area contributed by atoms with Crippen molar-refractivity contribution in [2.24, 2.45) is 0 Å². The van der Waals surface area contributed by atoms with Gasteiger partial charge in [0.15, 0.2) is 6.10 Å². The van der Waals surface area contributed by atoms with Crippen LogP contribution in [0.4, 0.5) is 0 Å². The summed E-state index contributed by atoms with van der Waals surface area (Å²) in [5, 5.41) is 4.79. The largest absolute Gasteiger partial charge is 0.479 e. The van der Waals surface area contributed by atoms with Crippen LogP contribution in [-0.2, 0) is 16.1 Å². The van der Waals surface area contributed by atoms with Crippen LogP contribution < -0.4 is 10.3 Å². The summed E-state index contributed by atoms with van der Waals surface area (Å²) in [5.41, 5.74) is 0.0768. The van der Waals surface area contributed by atoms with E-state index in [1.165, 1.54) is 21.9 Å². The normalized spacial score (nSPS) is 12.1.